The quantitative estimate of drug-likeness (QED) is 0.266. The average molecular weight is 626 g/mol. The third kappa shape index (κ3) is 9.60. The highest BCUT2D eigenvalue weighted by Gasteiger charge is 2.41. The summed E-state index contributed by atoms with van der Waals surface area (Å²) >= 11 is 0. The maximum atomic E-state index is 13.3. The van der Waals surface area contributed by atoms with Crippen LogP contribution >= 0.6 is 0 Å². The van der Waals surface area contributed by atoms with E-state index in [9.17, 15) is 27.6 Å². The summed E-state index contributed by atoms with van der Waals surface area (Å²) < 4.78 is 38.6. The van der Waals surface area contributed by atoms with Gasteiger partial charge in [-0.3, -0.25) is 14.4 Å². The van der Waals surface area contributed by atoms with E-state index in [2.05, 4.69) is 37.5 Å². The first kappa shape index (κ1) is 35.1. The van der Waals surface area contributed by atoms with Crippen molar-refractivity contribution in [2.24, 2.45) is 59.2 Å². The number of alkyl halides is 3. The Kier molecular flexibility index (Phi) is 11.7. The molecule has 252 valence electrons. The van der Waals surface area contributed by atoms with Crippen molar-refractivity contribution < 1.29 is 27.6 Å². The molecule has 4 aliphatic rings. The molecule has 0 bridgehead atoms. The number of amides is 3. The summed E-state index contributed by atoms with van der Waals surface area (Å²) in [5.74, 6) is 3.06. The van der Waals surface area contributed by atoms with E-state index in [1.807, 2.05) is 13.8 Å². The van der Waals surface area contributed by atoms with E-state index < -0.39 is 18.5 Å². The minimum atomic E-state index is -4.48. The predicted molar refractivity (Wildman–Crippen MR) is 166 cm³/mol. The third-order valence-corrected chi connectivity index (χ3v) is 11.3. The molecule has 6 nitrogen and oxygen atoms in total. The second kappa shape index (κ2) is 14.7. The van der Waals surface area contributed by atoms with Gasteiger partial charge in [-0.2, -0.15) is 13.2 Å². The molecule has 1 aliphatic carbocycles. The Bertz CT molecular complexity index is 997. The number of hydrogen-bond acceptors (Lipinski definition) is 3. The molecule has 0 spiro atoms. The van der Waals surface area contributed by atoms with E-state index in [-0.39, 0.29) is 29.6 Å². The van der Waals surface area contributed by atoms with E-state index in [1.54, 1.807) is 0 Å². The highest BCUT2D eigenvalue weighted by Crippen LogP contribution is 2.41. The van der Waals surface area contributed by atoms with Crippen molar-refractivity contribution in [2.45, 2.75) is 106 Å². The monoisotopic (exact) mass is 625 g/mol. The number of carbonyl (C=O) groups excluding carboxylic acids is 3. The van der Waals surface area contributed by atoms with Crippen LogP contribution in [0.5, 0.6) is 0 Å². The largest absolute Gasteiger partial charge is 0.397 e. The molecule has 0 aromatic carbocycles. The SMILES string of the molecule is CC(C)C(=O)N1CC(CC(C)C2CC(CC(C)C3CCCN(C(=O)CC(F)(F)F)C3)CN(C(=O)C3CC3)C2)CC(C(C)C)C1. The number of carbonyl (C=O) groups is 3. The van der Waals surface area contributed by atoms with Gasteiger partial charge in [0.25, 0.3) is 0 Å². The lowest BCUT2D eigenvalue weighted by Crippen LogP contribution is -2.49. The Hall–Kier alpha value is -1.80. The Morgan fingerprint density at radius 3 is 1.82 bits per heavy atom. The van der Waals surface area contributed by atoms with Gasteiger partial charge in [0.15, 0.2) is 0 Å². The van der Waals surface area contributed by atoms with Gasteiger partial charge in [0.05, 0.1) is 0 Å². The van der Waals surface area contributed by atoms with Gasteiger partial charge in [-0.25, -0.2) is 0 Å². The van der Waals surface area contributed by atoms with Crippen LogP contribution in [0.3, 0.4) is 0 Å². The normalized spacial score (nSPS) is 30.1. The molecular weight excluding hydrogens is 567 g/mol. The summed E-state index contributed by atoms with van der Waals surface area (Å²) in [5.41, 5.74) is 0. The summed E-state index contributed by atoms with van der Waals surface area (Å²) in [6, 6.07) is 0. The van der Waals surface area contributed by atoms with Crippen LogP contribution in [0, 0.1) is 59.2 Å². The third-order valence-electron chi connectivity index (χ3n) is 11.3. The zero-order valence-electron chi connectivity index (χ0n) is 28.1. The van der Waals surface area contributed by atoms with Crippen molar-refractivity contribution in [3.8, 4) is 0 Å². The Balaban J connectivity index is 1.40. The number of nitrogens with zero attached hydrogens (tertiary/aromatic N) is 3. The maximum absolute atomic E-state index is 13.3. The van der Waals surface area contributed by atoms with Crippen LogP contribution in [0.2, 0.25) is 0 Å². The highest BCUT2D eigenvalue weighted by molar-refractivity contribution is 5.81. The summed E-state index contributed by atoms with van der Waals surface area (Å²) in [5, 5.41) is 0. The molecule has 3 aliphatic heterocycles. The van der Waals surface area contributed by atoms with Gasteiger partial charge >= 0.3 is 6.18 Å². The molecule has 9 heteroatoms. The van der Waals surface area contributed by atoms with Crippen molar-refractivity contribution in [1.82, 2.24) is 14.7 Å². The van der Waals surface area contributed by atoms with Crippen LogP contribution in [-0.4, -0.2) is 77.9 Å². The van der Waals surface area contributed by atoms with Crippen molar-refractivity contribution in [1.29, 1.82) is 0 Å². The summed E-state index contributed by atoms with van der Waals surface area (Å²) in [7, 11) is 0. The van der Waals surface area contributed by atoms with Crippen molar-refractivity contribution >= 4 is 17.7 Å². The minimum Gasteiger partial charge on any atom is -0.342 e. The average Bonchev–Trinajstić information content (AvgIpc) is 3.81. The zero-order valence-corrected chi connectivity index (χ0v) is 28.1. The minimum absolute atomic E-state index is 0.000996. The molecular formula is C35H58F3N3O3. The Morgan fingerprint density at radius 1 is 0.705 bits per heavy atom. The van der Waals surface area contributed by atoms with Gasteiger partial charge in [0, 0.05) is 51.1 Å². The van der Waals surface area contributed by atoms with Crippen LogP contribution in [0.4, 0.5) is 13.2 Å². The number of rotatable bonds is 10. The first-order chi connectivity index (χ1) is 20.6. The van der Waals surface area contributed by atoms with Crippen LogP contribution in [0.25, 0.3) is 0 Å². The van der Waals surface area contributed by atoms with Crippen molar-refractivity contribution in [3.05, 3.63) is 0 Å². The van der Waals surface area contributed by atoms with Crippen LogP contribution in [0.15, 0.2) is 0 Å². The molecule has 44 heavy (non-hydrogen) atoms. The van der Waals surface area contributed by atoms with Gasteiger partial charge < -0.3 is 14.7 Å². The predicted octanol–water partition coefficient (Wildman–Crippen LogP) is 6.88. The molecule has 3 heterocycles. The first-order valence-electron chi connectivity index (χ1n) is 17.5. The molecule has 7 unspecified atom stereocenters. The first-order valence-corrected chi connectivity index (χ1v) is 17.5. The van der Waals surface area contributed by atoms with Crippen LogP contribution < -0.4 is 0 Å². The van der Waals surface area contributed by atoms with E-state index in [1.165, 1.54) is 4.90 Å². The molecule has 4 rings (SSSR count). The lowest BCUT2D eigenvalue weighted by Gasteiger charge is -2.45. The van der Waals surface area contributed by atoms with Crippen LogP contribution in [0.1, 0.15) is 99.3 Å². The number of halogens is 3. The summed E-state index contributed by atoms with van der Waals surface area (Å²) in [4.78, 5) is 44.3. The molecule has 7 atom stereocenters. The number of likely N-dealkylation sites (tertiary alicyclic amines) is 3. The fourth-order valence-corrected chi connectivity index (χ4v) is 8.46. The second-order valence-corrected chi connectivity index (χ2v) is 15.8. The summed E-state index contributed by atoms with van der Waals surface area (Å²) in [6.07, 6.45) is 1.97. The van der Waals surface area contributed by atoms with Gasteiger partial charge in [-0.1, -0.05) is 41.5 Å². The molecule has 1 saturated carbocycles. The number of hydrogen-bond donors (Lipinski definition) is 0. The number of piperidine rings is 3. The molecule has 0 N–H and O–H groups in total. The van der Waals surface area contributed by atoms with E-state index >= 15 is 0 Å². The molecule has 0 radical (unpaired) electrons. The van der Waals surface area contributed by atoms with Crippen molar-refractivity contribution in [3.63, 3.8) is 0 Å². The van der Waals surface area contributed by atoms with Gasteiger partial charge in [0.2, 0.25) is 17.7 Å². The lowest BCUT2D eigenvalue weighted by atomic mass is 9.72. The van der Waals surface area contributed by atoms with Crippen LogP contribution in [-0.2, 0) is 14.4 Å². The molecule has 4 fully saturated rings. The smallest absolute Gasteiger partial charge is 0.342 e. The molecule has 0 aromatic rings. The van der Waals surface area contributed by atoms with Gasteiger partial charge in [-0.05, 0) is 98.7 Å². The topological polar surface area (TPSA) is 60.9 Å². The molecule has 0 aromatic heterocycles. The van der Waals surface area contributed by atoms with E-state index in [0.717, 1.165) is 77.5 Å². The maximum Gasteiger partial charge on any atom is 0.397 e. The van der Waals surface area contributed by atoms with Gasteiger partial charge in [0.1, 0.15) is 6.42 Å². The second-order valence-electron chi connectivity index (χ2n) is 15.8. The zero-order chi connectivity index (χ0) is 32.3. The van der Waals surface area contributed by atoms with E-state index in [4.69, 9.17) is 0 Å². The van der Waals surface area contributed by atoms with Crippen molar-refractivity contribution in [2.75, 3.05) is 39.3 Å². The Labute approximate surface area is 263 Å². The molecule has 3 saturated heterocycles. The molecule has 3 amide bonds. The van der Waals surface area contributed by atoms with Gasteiger partial charge in [-0.15, -0.1) is 0 Å². The fraction of sp³-hybridized carbons (Fsp3) is 0.914. The fourth-order valence-electron chi connectivity index (χ4n) is 8.46. The lowest BCUT2D eigenvalue weighted by molar-refractivity contribution is -0.163. The Morgan fingerprint density at radius 2 is 1.25 bits per heavy atom. The standard InChI is InChI=1S/C35H58F3N3O3/c1-22(2)30-14-26(17-40(20-30)33(43)23(3)4)13-25(6)31-15-27(18-41(21-31)34(44)28-9-10-28)12-24(5)29-8-7-11-39(19-29)32(42)16-35(36,37)38/h22-31H,7-21H2,1-6H3. The van der Waals surface area contributed by atoms with E-state index in [0.29, 0.717) is 54.5 Å². The highest BCUT2D eigenvalue weighted by atomic mass is 19.4. The summed E-state index contributed by atoms with van der Waals surface area (Å²) in [6.45, 7) is 17.1.